The minimum atomic E-state index is -0.851. The van der Waals surface area contributed by atoms with Gasteiger partial charge in [-0.15, -0.1) is 10.1 Å². The molecule has 7 nitrogen and oxygen atoms in total. The van der Waals surface area contributed by atoms with Crippen molar-refractivity contribution in [3.8, 4) is 0 Å². The fourth-order valence-corrected chi connectivity index (χ4v) is 2.29. The summed E-state index contributed by atoms with van der Waals surface area (Å²) in [5.41, 5.74) is 6.85. The van der Waals surface area contributed by atoms with Crippen LogP contribution in [0.15, 0.2) is 24.3 Å². The van der Waals surface area contributed by atoms with E-state index in [0.717, 1.165) is 25.7 Å². The second-order valence-electron chi connectivity index (χ2n) is 5.14. The minimum absolute atomic E-state index is 0.0743. The Balaban J connectivity index is 1.86. The van der Waals surface area contributed by atoms with Crippen LogP contribution in [0.1, 0.15) is 41.6 Å². The summed E-state index contributed by atoms with van der Waals surface area (Å²) in [6.45, 7) is -0.136. The van der Waals surface area contributed by atoms with E-state index < -0.39 is 5.09 Å². The summed E-state index contributed by atoms with van der Waals surface area (Å²) in [6.07, 6.45) is 3.25. The Labute approximate surface area is 122 Å². The SMILES string of the molecule is NC1CCC(OC(=O)c2ccc(CO[N+](=O)[O-])cc2)CC1. The van der Waals surface area contributed by atoms with Crippen LogP contribution >= 0.6 is 0 Å². The molecular formula is C14H18N2O5. The molecule has 1 aromatic carbocycles. The predicted octanol–water partition coefficient (Wildman–Crippen LogP) is 1.82. The zero-order valence-corrected chi connectivity index (χ0v) is 11.6. The van der Waals surface area contributed by atoms with Crippen molar-refractivity contribution in [2.75, 3.05) is 0 Å². The third-order valence-corrected chi connectivity index (χ3v) is 3.52. The van der Waals surface area contributed by atoms with Crippen molar-refractivity contribution in [3.63, 3.8) is 0 Å². The molecule has 1 aliphatic rings. The van der Waals surface area contributed by atoms with E-state index in [-0.39, 0.29) is 24.7 Å². The quantitative estimate of drug-likeness (QED) is 0.504. The Morgan fingerprint density at radius 3 is 2.43 bits per heavy atom. The van der Waals surface area contributed by atoms with Gasteiger partial charge in [0.25, 0.3) is 5.09 Å². The van der Waals surface area contributed by atoms with E-state index in [0.29, 0.717) is 11.1 Å². The van der Waals surface area contributed by atoms with E-state index in [2.05, 4.69) is 4.84 Å². The van der Waals surface area contributed by atoms with E-state index in [1.807, 2.05) is 0 Å². The van der Waals surface area contributed by atoms with Gasteiger partial charge in [-0.05, 0) is 43.4 Å². The second kappa shape index (κ2) is 7.03. The smallest absolute Gasteiger partial charge is 0.338 e. The van der Waals surface area contributed by atoms with Gasteiger partial charge in [0.15, 0.2) is 0 Å². The number of nitrogens with two attached hydrogens (primary N) is 1. The van der Waals surface area contributed by atoms with Gasteiger partial charge in [-0.1, -0.05) is 12.1 Å². The minimum Gasteiger partial charge on any atom is -0.459 e. The van der Waals surface area contributed by atoms with Crippen LogP contribution in [0.4, 0.5) is 0 Å². The molecule has 114 valence electrons. The Hall–Kier alpha value is -2.15. The topological polar surface area (TPSA) is 105 Å². The van der Waals surface area contributed by atoms with Crippen molar-refractivity contribution in [1.29, 1.82) is 0 Å². The summed E-state index contributed by atoms with van der Waals surface area (Å²) in [7, 11) is 0. The van der Waals surface area contributed by atoms with Crippen LogP contribution in [-0.4, -0.2) is 23.2 Å². The number of hydrogen-bond donors (Lipinski definition) is 1. The average Bonchev–Trinajstić information content (AvgIpc) is 2.48. The fraction of sp³-hybridized carbons (Fsp3) is 0.500. The fourth-order valence-electron chi connectivity index (χ4n) is 2.29. The maximum Gasteiger partial charge on any atom is 0.338 e. The first kappa shape index (κ1) is 15.2. The lowest BCUT2D eigenvalue weighted by Crippen LogP contribution is -2.31. The van der Waals surface area contributed by atoms with E-state index in [4.69, 9.17) is 10.5 Å². The van der Waals surface area contributed by atoms with E-state index >= 15 is 0 Å². The van der Waals surface area contributed by atoms with Gasteiger partial charge in [0, 0.05) is 6.04 Å². The van der Waals surface area contributed by atoms with Gasteiger partial charge < -0.3 is 15.3 Å². The van der Waals surface area contributed by atoms with Crippen molar-refractivity contribution in [3.05, 3.63) is 45.5 Å². The molecule has 21 heavy (non-hydrogen) atoms. The molecule has 0 aliphatic heterocycles. The maximum atomic E-state index is 12.0. The molecule has 0 spiro atoms. The summed E-state index contributed by atoms with van der Waals surface area (Å²) in [4.78, 5) is 26.3. The highest BCUT2D eigenvalue weighted by Gasteiger charge is 2.22. The molecule has 0 bridgehead atoms. The number of rotatable bonds is 5. The van der Waals surface area contributed by atoms with Crippen LogP contribution in [0.25, 0.3) is 0 Å². The zero-order chi connectivity index (χ0) is 15.2. The van der Waals surface area contributed by atoms with Gasteiger partial charge in [-0.25, -0.2) is 4.79 Å². The van der Waals surface area contributed by atoms with Gasteiger partial charge >= 0.3 is 5.97 Å². The largest absolute Gasteiger partial charge is 0.459 e. The van der Waals surface area contributed by atoms with Crippen LogP contribution in [0, 0.1) is 10.1 Å². The van der Waals surface area contributed by atoms with Crippen LogP contribution in [0.3, 0.4) is 0 Å². The molecule has 1 aromatic rings. The lowest BCUT2D eigenvalue weighted by atomic mass is 9.94. The summed E-state index contributed by atoms with van der Waals surface area (Å²) >= 11 is 0. The molecular weight excluding hydrogens is 276 g/mol. The number of carbonyl (C=O) groups is 1. The molecule has 0 aromatic heterocycles. The van der Waals surface area contributed by atoms with Crippen LogP contribution in [0.2, 0.25) is 0 Å². The van der Waals surface area contributed by atoms with Gasteiger partial charge in [-0.2, -0.15) is 0 Å². The molecule has 1 saturated carbocycles. The molecule has 0 heterocycles. The monoisotopic (exact) mass is 294 g/mol. The molecule has 0 radical (unpaired) electrons. The lowest BCUT2D eigenvalue weighted by Gasteiger charge is -2.25. The Morgan fingerprint density at radius 1 is 1.24 bits per heavy atom. The standard InChI is InChI=1S/C14H18N2O5/c15-12-5-7-13(8-6-12)21-14(17)11-3-1-10(2-4-11)9-20-16(18)19/h1-4,12-13H,5-9,15H2. The predicted molar refractivity (Wildman–Crippen MR) is 73.9 cm³/mol. The number of hydrogen-bond acceptors (Lipinski definition) is 6. The number of carbonyl (C=O) groups excluding carboxylic acids is 1. The van der Waals surface area contributed by atoms with Crippen molar-refractivity contribution >= 4 is 5.97 Å². The molecule has 1 fully saturated rings. The van der Waals surface area contributed by atoms with E-state index in [1.54, 1.807) is 24.3 Å². The highest BCUT2D eigenvalue weighted by Crippen LogP contribution is 2.21. The summed E-state index contributed by atoms with van der Waals surface area (Å²) < 4.78 is 5.43. The normalized spacial score (nSPS) is 21.6. The first-order valence-electron chi connectivity index (χ1n) is 6.87. The summed E-state index contributed by atoms with van der Waals surface area (Å²) in [5, 5.41) is 9.24. The third-order valence-electron chi connectivity index (χ3n) is 3.52. The van der Waals surface area contributed by atoms with Crippen molar-refractivity contribution in [1.82, 2.24) is 0 Å². The van der Waals surface area contributed by atoms with Crippen molar-refractivity contribution < 1.29 is 19.5 Å². The Bertz CT molecular complexity index is 495. The molecule has 0 amide bonds. The highest BCUT2D eigenvalue weighted by atomic mass is 16.9. The molecule has 0 saturated heterocycles. The number of benzene rings is 1. The number of esters is 1. The zero-order valence-electron chi connectivity index (χ0n) is 11.6. The van der Waals surface area contributed by atoms with Gasteiger partial charge in [0.2, 0.25) is 0 Å². The van der Waals surface area contributed by atoms with Gasteiger partial charge in [-0.3, -0.25) is 0 Å². The maximum absolute atomic E-state index is 12.0. The summed E-state index contributed by atoms with van der Waals surface area (Å²) in [5.74, 6) is -0.378. The molecule has 2 rings (SSSR count). The van der Waals surface area contributed by atoms with Crippen molar-refractivity contribution in [2.45, 2.75) is 44.4 Å². The molecule has 2 N–H and O–H groups in total. The highest BCUT2D eigenvalue weighted by molar-refractivity contribution is 5.89. The van der Waals surface area contributed by atoms with Gasteiger partial charge in [0.1, 0.15) is 12.7 Å². The average molecular weight is 294 g/mol. The third kappa shape index (κ3) is 4.71. The second-order valence-corrected chi connectivity index (χ2v) is 5.14. The van der Waals surface area contributed by atoms with Crippen LogP contribution < -0.4 is 5.73 Å². The van der Waals surface area contributed by atoms with Crippen LogP contribution in [-0.2, 0) is 16.2 Å². The van der Waals surface area contributed by atoms with E-state index in [1.165, 1.54) is 0 Å². The first-order chi connectivity index (χ1) is 10.0. The Morgan fingerprint density at radius 2 is 1.86 bits per heavy atom. The molecule has 0 unspecified atom stereocenters. The first-order valence-corrected chi connectivity index (χ1v) is 6.87. The molecule has 1 aliphatic carbocycles. The number of nitrogens with zero attached hydrogens (tertiary/aromatic N) is 1. The van der Waals surface area contributed by atoms with Gasteiger partial charge in [0.05, 0.1) is 5.56 Å². The van der Waals surface area contributed by atoms with Crippen LogP contribution in [0.5, 0.6) is 0 Å². The molecule has 7 heteroatoms. The van der Waals surface area contributed by atoms with E-state index in [9.17, 15) is 14.9 Å². The lowest BCUT2D eigenvalue weighted by molar-refractivity contribution is -0.763. The van der Waals surface area contributed by atoms with Crippen molar-refractivity contribution in [2.24, 2.45) is 5.73 Å². The summed E-state index contributed by atoms with van der Waals surface area (Å²) in [6, 6.07) is 6.58. The number of ether oxygens (including phenoxy) is 1. The Kier molecular flexibility index (Phi) is 5.10. The molecule has 0 atom stereocenters.